The molecule has 3 aromatic carbocycles. The molecule has 194 valence electrons. The summed E-state index contributed by atoms with van der Waals surface area (Å²) in [6, 6.07) is 19.3. The molecule has 0 spiro atoms. The number of nitrogens with zero attached hydrogens (tertiary/aromatic N) is 3. The number of amides is 1. The molecule has 0 aliphatic carbocycles. The number of carbonyl (C=O) groups excluding carboxylic acids is 1. The quantitative estimate of drug-likeness (QED) is 0.304. The summed E-state index contributed by atoms with van der Waals surface area (Å²) in [5, 5.41) is 0. The summed E-state index contributed by atoms with van der Waals surface area (Å²) < 4.78 is 49.6. The molecule has 0 saturated carbocycles. The van der Waals surface area contributed by atoms with E-state index in [4.69, 9.17) is 4.74 Å². The molecule has 4 aromatic rings. The zero-order chi connectivity index (χ0) is 26.6. The van der Waals surface area contributed by atoms with E-state index in [0.717, 1.165) is 11.1 Å². The van der Waals surface area contributed by atoms with Gasteiger partial charge < -0.3 is 9.30 Å². The van der Waals surface area contributed by atoms with Crippen molar-refractivity contribution in [2.24, 2.45) is 4.99 Å². The van der Waals surface area contributed by atoms with Gasteiger partial charge in [-0.25, -0.2) is 12.8 Å². The van der Waals surface area contributed by atoms with Crippen LogP contribution in [-0.2, 0) is 27.8 Å². The number of rotatable bonds is 9. The molecule has 10 heteroatoms. The highest BCUT2D eigenvalue weighted by Gasteiger charge is 2.27. The number of aromatic nitrogens is 1. The Kier molecular flexibility index (Phi) is 8.33. The van der Waals surface area contributed by atoms with Crippen molar-refractivity contribution in [3.8, 4) is 0 Å². The SMILES string of the molecule is COCCn1c(=NC(=O)c2ccc(S(=O)(=O)N(Cc3ccccc3)C(C)C)cc2)sc2cc(F)ccc21. The van der Waals surface area contributed by atoms with Crippen LogP contribution >= 0.6 is 11.3 Å². The van der Waals surface area contributed by atoms with Gasteiger partial charge in [0.05, 0.1) is 21.7 Å². The van der Waals surface area contributed by atoms with Crippen molar-refractivity contribution in [3.63, 3.8) is 0 Å². The number of carbonyl (C=O) groups is 1. The fourth-order valence-electron chi connectivity index (χ4n) is 3.90. The van der Waals surface area contributed by atoms with Gasteiger partial charge in [0.15, 0.2) is 4.80 Å². The lowest BCUT2D eigenvalue weighted by Gasteiger charge is -2.26. The highest BCUT2D eigenvalue weighted by molar-refractivity contribution is 7.89. The van der Waals surface area contributed by atoms with Crippen molar-refractivity contribution in [1.29, 1.82) is 0 Å². The van der Waals surface area contributed by atoms with Crippen LogP contribution in [0.4, 0.5) is 4.39 Å². The van der Waals surface area contributed by atoms with E-state index in [0.29, 0.717) is 22.7 Å². The second-order valence-corrected chi connectivity index (χ2v) is 11.6. The van der Waals surface area contributed by atoms with Crippen LogP contribution < -0.4 is 4.80 Å². The number of hydrogen-bond acceptors (Lipinski definition) is 5. The highest BCUT2D eigenvalue weighted by Crippen LogP contribution is 2.22. The van der Waals surface area contributed by atoms with Gasteiger partial charge in [0.25, 0.3) is 5.91 Å². The molecule has 1 aromatic heterocycles. The van der Waals surface area contributed by atoms with Crippen molar-refractivity contribution < 1.29 is 22.3 Å². The first kappa shape index (κ1) is 26.9. The summed E-state index contributed by atoms with van der Waals surface area (Å²) >= 11 is 1.20. The first-order chi connectivity index (χ1) is 17.7. The Morgan fingerprint density at radius 1 is 1.08 bits per heavy atom. The van der Waals surface area contributed by atoms with Crippen molar-refractivity contribution in [3.05, 3.63) is 94.5 Å². The number of thiazole rings is 1. The molecule has 7 nitrogen and oxygen atoms in total. The van der Waals surface area contributed by atoms with E-state index in [1.54, 1.807) is 13.2 Å². The highest BCUT2D eigenvalue weighted by atomic mass is 32.2. The van der Waals surface area contributed by atoms with Crippen LogP contribution in [0.3, 0.4) is 0 Å². The van der Waals surface area contributed by atoms with Gasteiger partial charge in [0.1, 0.15) is 5.82 Å². The van der Waals surface area contributed by atoms with E-state index in [-0.39, 0.29) is 28.9 Å². The summed E-state index contributed by atoms with van der Waals surface area (Å²) in [6.07, 6.45) is 0. The average Bonchev–Trinajstić information content (AvgIpc) is 3.21. The maximum atomic E-state index is 13.7. The van der Waals surface area contributed by atoms with Crippen LogP contribution in [-0.4, -0.2) is 43.0 Å². The summed E-state index contributed by atoms with van der Waals surface area (Å²) in [4.78, 5) is 17.8. The number of methoxy groups -OCH3 is 1. The summed E-state index contributed by atoms with van der Waals surface area (Å²) in [7, 11) is -2.22. The molecule has 0 atom stereocenters. The fourth-order valence-corrected chi connectivity index (χ4v) is 6.60. The van der Waals surface area contributed by atoms with Crippen LogP contribution in [0.2, 0.25) is 0 Å². The molecule has 0 saturated heterocycles. The minimum Gasteiger partial charge on any atom is -0.383 e. The van der Waals surface area contributed by atoms with Crippen molar-refractivity contribution in [1.82, 2.24) is 8.87 Å². The number of benzene rings is 3. The topological polar surface area (TPSA) is 81.0 Å². The van der Waals surface area contributed by atoms with E-state index < -0.39 is 15.9 Å². The minimum atomic E-state index is -3.80. The smallest absolute Gasteiger partial charge is 0.279 e. The lowest BCUT2D eigenvalue weighted by Crippen LogP contribution is -2.36. The van der Waals surface area contributed by atoms with E-state index in [1.165, 1.54) is 52.0 Å². The maximum absolute atomic E-state index is 13.7. The Morgan fingerprint density at radius 2 is 1.78 bits per heavy atom. The van der Waals surface area contributed by atoms with Gasteiger partial charge in [-0.05, 0) is 61.9 Å². The van der Waals surface area contributed by atoms with Crippen LogP contribution in [0.15, 0.2) is 82.7 Å². The van der Waals surface area contributed by atoms with E-state index in [9.17, 15) is 17.6 Å². The van der Waals surface area contributed by atoms with Gasteiger partial charge >= 0.3 is 0 Å². The number of sulfonamides is 1. The third kappa shape index (κ3) is 6.04. The monoisotopic (exact) mass is 541 g/mol. The maximum Gasteiger partial charge on any atom is 0.279 e. The molecule has 1 heterocycles. The molecule has 0 aliphatic rings. The minimum absolute atomic E-state index is 0.0983. The van der Waals surface area contributed by atoms with Gasteiger partial charge in [-0.3, -0.25) is 4.79 Å². The molecular weight excluding hydrogens is 513 g/mol. The zero-order valence-corrected chi connectivity index (χ0v) is 22.4. The lowest BCUT2D eigenvalue weighted by molar-refractivity contribution is 0.0997. The molecule has 0 fully saturated rings. The Bertz CT molecular complexity index is 1560. The summed E-state index contributed by atoms with van der Waals surface area (Å²) in [5.74, 6) is -0.892. The number of fused-ring (bicyclic) bond motifs is 1. The molecule has 0 bridgehead atoms. The standard InChI is InChI=1S/C27H28FN3O4S2/c1-19(2)31(18-20-7-5-4-6-8-20)37(33,34)23-12-9-21(10-13-23)26(32)29-27-30(15-16-35-3)24-14-11-22(28)17-25(24)36-27/h4-14,17,19H,15-16,18H2,1-3H3. The summed E-state index contributed by atoms with van der Waals surface area (Å²) in [6.45, 7) is 4.73. The van der Waals surface area contributed by atoms with Crippen molar-refractivity contribution in [2.75, 3.05) is 13.7 Å². The Balaban J connectivity index is 1.63. The largest absolute Gasteiger partial charge is 0.383 e. The normalized spacial score (nSPS) is 12.6. The number of ether oxygens (including phenoxy) is 1. The van der Waals surface area contributed by atoms with Gasteiger partial charge in [-0.2, -0.15) is 9.30 Å². The Labute approximate surface area is 219 Å². The van der Waals surface area contributed by atoms with Crippen LogP contribution in [0.5, 0.6) is 0 Å². The van der Waals surface area contributed by atoms with Gasteiger partial charge in [0.2, 0.25) is 10.0 Å². The Morgan fingerprint density at radius 3 is 2.43 bits per heavy atom. The van der Waals surface area contributed by atoms with E-state index in [2.05, 4.69) is 4.99 Å². The van der Waals surface area contributed by atoms with Gasteiger partial charge in [-0.1, -0.05) is 41.7 Å². The number of hydrogen-bond donors (Lipinski definition) is 0. The second-order valence-electron chi connectivity index (χ2n) is 8.71. The van der Waals surface area contributed by atoms with E-state index >= 15 is 0 Å². The molecule has 4 rings (SSSR count). The van der Waals surface area contributed by atoms with Crippen molar-refractivity contribution in [2.45, 2.75) is 37.9 Å². The first-order valence-corrected chi connectivity index (χ1v) is 14.0. The molecule has 0 N–H and O–H groups in total. The van der Waals surface area contributed by atoms with E-state index in [1.807, 2.05) is 48.7 Å². The number of halogens is 1. The third-order valence-electron chi connectivity index (χ3n) is 5.83. The average molecular weight is 542 g/mol. The zero-order valence-electron chi connectivity index (χ0n) is 20.8. The molecular formula is C27H28FN3O4S2. The van der Waals surface area contributed by atoms with Crippen LogP contribution in [0.25, 0.3) is 10.2 Å². The second kappa shape index (κ2) is 11.5. The fraction of sp³-hybridized carbons (Fsp3) is 0.259. The molecule has 37 heavy (non-hydrogen) atoms. The summed E-state index contributed by atoms with van der Waals surface area (Å²) in [5.41, 5.74) is 1.89. The molecule has 0 aliphatic heterocycles. The van der Waals surface area contributed by atoms with Crippen LogP contribution in [0, 0.1) is 5.82 Å². The molecule has 1 amide bonds. The van der Waals surface area contributed by atoms with Crippen LogP contribution in [0.1, 0.15) is 29.8 Å². The Hall–Kier alpha value is -3.18. The third-order valence-corrected chi connectivity index (χ3v) is 8.90. The first-order valence-electron chi connectivity index (χ1n) is 11.7. The predicted octanol–water partition coefficient (Wildman–Crippen LogP) is 4.83. The van der Waals surface area contributed by atoms with Gasteiger partial charge in [0, 0.05) is 31.8 Å². The van der Waals surface area contributed by atoms with Gasteiger partial charge in [-0.15, -0.1) is 0 Å². The molecule has 0 unspecified atom stereocenters. The molecule has 0 radical (unpaired) electrons. The predicted molar refractivity (Wildman–Crippen MR) is 142 cm³/mol. The van der Waals surface area contributed by atoms with Crippen molar-refractivity contribution >= 4 is 37.5 Å². The lowest BCUT2D eigenvalue weighted by atomic mass is 10.2.